The monoisotopic (exact) mass is 456 g/mol. The Hall–Kier alpha value is -4.06. The lowest BCUT2D eigenvalue weighted by molar-refractivity contribution is 0.111. The molecule has 0 fully saturated rings. The number of nitrogens with zero attached hydrogens (tertiary/aromatic N) is 2. The molecule has 0 amide bonds. The Balaban J connectivity index is 1.23. The summed E-state index contributed by atoms with van der Waals surface area (Å²) < 4.78 is 0. The van der Waals surface area contributed by atoms with Gasteiger partial charge in [0.25, 0.3) is 0 Å². The first-order valence-electron chi connectivity index (χ1n) is 11.3. The number of aromatic hydroxyl groups is 2. The number of phenols is 2. The number of oxime groups is 2. The topological polar surface area (TPSA) is 83.6 Å². The fourth-order valence-corrected chi connectivity index (χ4v) is 3.81. The van der Waals surface area contributed by atoms with E-state index in [9.17, 15) is 10.2 Å². The molecule has 4 rings (SSSR count). The molecule has 0 aromatic heterocycles. The van der Waals surface area contributed by atoms with E-state index in [0.29, 0.717) is 35.8 Å². The van der Waals surface area contributed by atoms with Crippen LogP contribution in [0, 0.1) is 0 Å². The summed E-state index contributed by atoms with van der Waals surface area (Å²) >= 11 is 0. The van der Waals surface area contributed by atoms with Crippen molar-refractivity contribution < 1.29 is 19.9 Å². The summed E-state index contributed by atoms with van der Waals surface area (Å²) in [5.41, 5.74) is 2.55. The van der Waals surface area contributed by atoms with Crippen molar-refractivity contribution in [1.82, 2.24) is 0 Å². The second-order valence-electron chi connectivity index (χ2n) is 8.09. The summed E-state index contributed by atoms with van der Waals surface area (Å²) in [6, 6.07) is 23.0. The van der Waals surface area contributed by atoms with Gasteiger partial charge in [0.05, 0.1) is 11.4 Å². The van der Waals surface area contributed by atoms with Crippen molar-refractivity contribution in [2.45, 2.75) is 26.7 Å². The number of hydrogen-bond acceptors (Lipinski definition) is 6. The first kappa shape index (κ1) is 23.1. The molecule has 174 valence electrons. The maximum Gasteiger partial charge on any atom is 0.132 e. The Labute approximate surface area is 198 Å². The van der Waals surface area contributed by atoms with Crippen molar-refractivity contribution in [1.29, 1.82) is 0 Å². The molecule has 0 aliphatic rings. The maximum atomic E-state index is 10.5. The van der Waals surface area contributed by atoms with Crippen LogP contribution >= 0.6 is 0 Å². The number of fused-ring (bicyclic) bond motifs is 2. The molecular weight excluding hydrogens is 428 g/mol. The second kappa shape index (κ2) is 10.7. The number of hydrogen-bond donors (Lipinski definition) is 2. The van der Waals surface area contributed by atoms with Gasteiger partial charge in [-0.3, -0.25) is 0 Å². The number of rotatable bonds is 9. The van der Waals surface area contributed by atoms with Crippen molar-refractivity contribution in [3.8, 4) is 11.5 Å². The fourth-order valence-electron chi connectivity index (χ4n) is 3.81. The van der Waals surface area contributed by atoms with Crippen LogP contribution in [0.25, 0.3) is 21.5 Å². The third-order valence-corrected chi connectivity index (χ3v) is 5.70. The van der Waals surface area contributed by atoms with Crippen LogP contribution in [0.2, 0.25) is 0 Å². The van der Waals surface area contributed by atoms with E-state index in [1.165, 1.54) is 0 Å². The lowest BCUT2D eigenvalue weighted by Gasteiger charge is -2.08. The van der Waals surface area contributed by atoms with E-state index in [1.54, 1.807) is 0 Å². The highest BCUT2D eigenvalue weighted by molar-refractivity contribution is 6.06. The van der Waals surface area contributed by atoms with Crippen LogP contribution in [-0.2, 0) is 9.68 Å². The summed E-state index contributed by atoms with van der Waals surface area (Å²) in [5.74, 6) is 0.420. The molecule has 6 heteroatoms. The molecule has 0 saturated heterocycles. The summed E-state index contributed by atoms with van der Waals surface area (Å²) in [7, 11) is 0. The van der Waals surface area contributed by atoms with Crippen LogP contribution in [0.4, 0.5) is 0 Å². The van der Waals surface area contributed by atoms with Gasteiger partial charge in [-0.15, -0.1) is 0 Å². The van der Waals surface area contributed by atoms with Crippen molar-refractivity contribution >= 4 is 33.0 Å². The number of phenolic OH excluding ortho intramolecular Hbond substituents is 2. The first-order chi connectivity index (χ1) is 16.6. The SMILES string of the molecule is C/C(=N\OCCCCO/N=C(\C)c1ccc2ccccc2c1O)c1ccc2ccccc2c1O. The average Bonchev–Trinajstić information content (AvgIpc) is 2.86. The normalized spacial score (nSPS) is 12.3. The van der Waals surface area contributed by atoms with Crippen LogP contribution in [0.3, 0.4) is 0 Å². The molecule has 0 unspecified atom stereocenters. The third-order valence-electron chi connectivity index (χ3n) is 5.70. The van der Waals surface area contributed by atoms with Gasteiger partial charge in [-0.1, -0.05) is 71.0 Å². The molecular formula is C28H28N2O4. The zero-order chi connectivity index (χ0) is 23.9. The quantitative estimate of drug-likeness (QED) is 0.174. The van der Waals surface area contributed by atoms with E-state index in [1.807, 2.05) is 86.6 Å². The zero-order valence-electron chi connectivity index (χ0n) is 19.4. The Kier molecular flexibility index (Phi) is 7.28. The van der Waals surface area contributed by atoms with Gasteiger partial charge >= 0.3 is 0 Å². The lowest BCUT2D eigenvalue weighted by atomic mass is 10.0. The predicted molar refractivity (Wildman–Crippen MR) is 137 cm³/mol. The van der Waals surface area contributed by atoms with E-state index < -0.39 is 0 Å². The van der Waals surface area contributed by atoms with E-state index in [4.69, 9.17) is 9.68 Å². The molecule has 6 nitrogen and oxygen atoms in total. The van der Waals surface area contributed by atoms with Gasteiger partial charge in [0.1, 0.15) is 24.7 Å². The van der Waals surface area contributed by atoms with Crippen LogP contribution in [0.15, 0.2) is 83.1 Å². The molecule has 0 spiro atoms. The van der Waals surface area contributed by atoms with Crippen molar-refractivity contribution in [3.63, 3.8) is 0 Å². The largest absolute Gasteiger partial charge is 0.507 e. The van der Waals surface area contributed by atoms with Crippen molar-refractivity contribution in [2.24, 2.45) is 10.3 Å². The summed E-state index contributed by atoms with van der Waals surface area (Å²) in [5, 5.41) is 32.9. The van der Waals surface area contributed by atoms with Crippen LogP contribution in [-0.4, -0.2) is 34.9 Å². The number of benzene rings is 4. The average molecular weight is 457 g/mol. The molecule has 34 heavy (non-hydrogen) atoms. The molecule has 0 atom stereocenters. The Morgan fingerprint density at radius 2 is 1.03 bits per heavy atom. The summed E-state index contributed by atoms with van der Waals surface area (Å²) in [6.45, 7) is 4.49. The molecule has 0 saturated carbocycles. The standard InChI is InChI=1S/C28H28N2O4/c1-19(23-15-13-21-9-3-5-11-25(21)27(23)31)29-33-17-7-8-18-34-30-20(2)24-16-14-22-10-4-6-12-26(22)28(24)32/h3-6,9-16,31-32H,7-8,17-18H2,1-2H3/b29-19+,30-20+. The van der Waals surface area contributed by atoms with Crippen molar-refractivity contribution in [2.75, 3.05) is 13.2 Å². The van der Waals surface area contributed by atoms with Gasteiger partial charge in [0.2, 0.25) is 0 Å². The Bertz CT molecular complexity index is 1260. The highest BCUT2D eigenvalue weighted by Crippen LogP contribution is 2.30. The van der Waals surface area contributed by atoms with Crippen LogP contribution < -0.4 is 0 Å². The van der Waals surface area contributed by atoms with E-state index >= 15 is 0 Å². The summed E-state index contributed by atoms with van der Waals surface area (Å²) in [6.07, 6.45) is 1.49. The molecule has 4 aromatic carbocycles. The third kappa shape index (κ3) is 5.12. The minimum absolute atomic E-state index is 0.210. The Morgan fingerprint density at radius 3 is 1.47 bits per heavy atom. The van der Waals surface area contributed by atoms with Gasteiger partial charge in [0.15, 0.2) is 0 Å². The molecule has 0 radical (unpaired) electrons. The number of unbranched alkanes of at least 4 members (excludes halogenated alkanes) is 1. The lowest BCUT2D eigenvalue weighted by Crippen LogP contribution is -2.00. The molecule has 4 aromatic rings. The Morgan fingerprint density at radius 1 is 0.618 bits per heavy atom. The van der Waals surface area contributed by atoms with Gasteiger partial charge in [0, 0.05) is 21.9 Å². The van der Waals surface area contributed by atoms with Gasteiger partial charge < -0.3 is 19.9 Å². The first-order valence-corrected chi connectivity index (χ1v) is 11.3. The smallest absolute Gasteiger partial charge is 0.132 e. The van der Waals surface area contributed by atoms with Gasteiger partial charge in [-0.05, 0) is 49.6 Å². The van der Waals surface area contributed by atoms with Gasteiger partial charge in [-0.2, -0.15) is 0 Å². The second-order valence-corrected chi connectivity index (χ2v) is 8.09. The molecule has 2 N–H and O–H groups in total. The van der Waals surface area contributed by atoms with E-state index in [2.05, 4.69) is 10.3 Å². The predicted octanol–water partition coefficient (Wildman–Crippen LogP) is 6.37. The molecule has 0 heterocycles. The molecule has 0 bridgehead atoms. The maximum absolute atomic E-state index is 10.5. The summed E-state index contributed by atoms with van der Waals surface area (Å²) in [4.78, 5) is 10.8. The highest BCUT2D eigenvalue weighted by Gasteiger charge is 2.10. The van der Waals surface area contributed by atoms with Gasteiger partial charge in [-0.25, -0.2) is 0 Å². The highest BCUT2D eigenvalue weighted by atomic mass is 16.6. The fraction of sp³-hybridized carbons (Fsp3) is 0.214. The molecule has 0 aliphatic carbocycles. The van der Waals surface area contributed by atoms with E-state index in [0.717, 1.165) is 34.4 Å². The van der Waals surface area contributed by atoms with Crippen LogP contribution in [0.1, 0.15) is 37.8 Å². The molecule has 0 aliphatic heterocycles. The zero-order valence-corrected chi connectivity index (χ0v) is 19.4. The minimum atomic E-state index is 0.210. The van der Waals surface area contributed by atoms with Crippen LogP contribution in [0.5, 0.6) is 11.5 Å². The van der Waals surface area contributed by atoms with Crippen molar-refractivity contribution in [3.05, 3.63) is 83.9 Å². The van der Waals surface area contributed by atoms with E-state index in [-0.39, 0.29) is 11.5 Å². The minimum Gasteiger partial charge on any atom is -0.507 e.